The number of thiophene rings is 1. The number of nitrogens with two attached hydrogens (primary N) is 1. The SMILES string of the molecule is CSC(C)CNC(=O)c1sc2cccc(F)c2c1N. The Hall–Kier alpha value is -1.27. The Morgan fingerprint density at radius 3 is 2.95 bits per heavy atom. The van der Waals surface area contributed by atoms with Gasteiger partial charge in [0.15, 0.2) is 0 Å². The van der Waals surface area contributed by atoms with Crippen molar-refractivity contribution in [3.8, 4) is 0 Å². The van der Waals surface area contributed by atoms with E-state index in [1.807, 2.05) is 13.2 Å². The number of fused-ring (bicyclic) bond motifs is 1. The Balaban J connectivity index is 2.28. The van der Waals surface area contributed by atoms with E-state index in [-0.39, 0.29) is 17.4 Å². The standard InChI is InChI=1S/C13H15FN2OS2/c1-7(18-2)6-16-13(17)12-11(15)10-8(14)4-3-5-9(10)19-12/h3-5,7H,6,15H2,1-2H3,(H,16,17). The normalized spacial score (nSPS) is 12.6. The molecule has 0 saturated heterocycles. The Bertz CT molecular complexity index is 612. The first kappa shape index (κ1) is 14.1. The lowest BCUT2D eigenvalue weighted by atomic mass is 10.2. The highest BCUT2D eigenvalue weighted by Gasteiger charge is 2.18. The van der Waals surface area contributed by atoms with E-state index in [1.54, 1.807) is 23.9 Å². The second-order valence-corrected chi connectivity index (χ2v) is 6.54. The summed E-state index contributed by atoms with van der Waals surface area (Å²) < 4.78 is 14.4. The number of anilines is 1. The van der Waals surface area contributed by atoms with Crippen molar-refractivity contribution in [1.82, 2.24) is 5.32 Å². The second kappa shape index (κ2) is 5.79. The topological polar surface area (TPSA) is 55.1 Å². The lowest BCUT2D eigenvalue weighted by Gasteiger charge is -2.09. The van der Waals surface area contributed by atoms with Gasteiger partial charge in [-0.15, -0.1) is 11.3 Å². The number of hydrogen-bond acceptors (Lipinski definition) is 4. The van der Waals surface area contributed by atoms with Gasteiger partial charge >= 0.3 is 0 Å². The predicted octanol–water partition coefficient (Wildman–Crippen LogP) is 3.10. The summed E-state index contributed by atoms with van der Waals surface area (Å²) in [4.78, 5) is 12.4. The number of thioether (sulfide) groups is 1. The van der Waals surface area contributed by atoms with Crippen molar-refractivity contribution in [3.63, 3.8) is 0 Å². The molecule has 0 aliphatic rings. The number of halogens is 1. The summed E-state index contributed by atoms with van der Waals surface area (Å²) in [7, 11) is 0. The van der Waals surface area contributed by atoms with E-state index in [0.29, 0.717) is 26.8 Å². The lowest BCUT2D eigenvalue weighted by Crippen LogP contribution is -2.29. The first-order valence-electron chi connectivity index (χ1n) is 5.82. The zero-order valence-corrected chi connectivity index (χ0v) is 12.3. The van der Waals surface area contributed by atoms with Gasteiger partial charge in [0.2, 0.25) is 0 Å². The van der Waals surface area contributed by atoms with Crippen LogP contribution in [0.5, 0.6) is 0 Å². The molecule has 0 spiro atoms. The Labute approximate surface area is 119 Å². The molecule has 0 radical (unpaired) electrons. The minimum Gasteiger partial charge on any atom is -0.397 e. The van der Waals surface area contributed by atoms with Gasteiger partial charge in [-0.3, -0.25) is 4.79 Å². The van der Waals surface area contributed by atoms with Gasteiger partial charge in [0.05, 0.1) is 11.1 Å². The maximum absolute atomic E-state index is 13.7. The minimum atomic E-state index is -0.386. The molecule has 1 amide bonds. The largest absolute Gasteiger partial charge is 0.397 e. The highest BCUT2D eigenvalue weighted by atomic mass is 32.2. The van der Waals surface area contributed by atoms with Crippen LogP contribution in [0, 0.1) is 5.82 Å². The van der Waals surface area contributed by atoms with Gasteiger partial charge in [-0.1, -0.05) is 13.0 Å². The zero-order chi connectivity index (χ0) is 14.0. The summed E-state index contributed by atoms with van der Waals surface area (Å²) >= 11 is 2.89. The summed E-state index contributed by atoms with van der Waals surface area (Å²) in [5.74, 6) is -0.623. The van der Waals surface area contributed by atoms with E-state index < -0.39 is 0 Å². The van der Waals surface area contributed by atoms with Gasteiger partial charge in [0.25, 0.3) is 5.91 Å². The van der Waals surface area contributed by atoms with Crippen LogP contribution in [0.15, 0.2) is 18.2 Å². The van der Waals surface area contributed by atoms with Crippen molar-refractivity contribution in [2.75, 3.05) is 18.5 Å². The third-order valence-electron chi connectivity index (χ3n) is 2.86. The molecule has 1 unspecified atom stereocenters. The molecule has 3 nitrogen and oxygen atoms in total. The van der Waals surface area contributed by atoms with Gasteiger partial charge in [-0.05, 0) is 18.4 Å². The second-order valence-electron chi connectivity index (χ2n) is 4.21. The molecule has 0 aliphatic carbocycles. The highest BCUT2D eigenvalue weighted by molar-refractivity contribution is 7.99. The van der Waals surface area contributed by atoms with E-state index in [0.717, 1.165) is 0 Å². The molecule has 1 atom stereocenters. The fourth-order valence-corrected chi connectivity index (χ4v) is 3.00. The maximum atomic E-state index is 13.7. The monoisotopic (exact) mass is 298 g/mol. The highest BCUT2D eigenvalue weighted by Crippen LogP contribution is 2.35. The van der Waals surface area contributed by atoms with Crippen LogP contribution in [-0.2, 0) is 0 Å². The summed E-state index contributed by atoms with van der Waals surface area (Å²) in [6, 6.07) is 4.73. The number of benzene rings is 1. The van der Waals surface area contributed by atoms with Crippen molar-refractivity contribution in [2.45, 2.75) is 12.2 Å². The summed E-state index contributed by atoms with van der Waals surface area (Å²) in [6.45, 7) is 2.59. The van der Waals surface area contributed by atoms with Crippen LogP contribution >= 0.6 is 23.1 Å². The van der Waals surface area contributed by atoms with Gasteiger partial charge in [-0.2, -0.15) is 11.8 Å². The van der Waals surface area contributed by atoms with Gasteiger partial charge in [-0.25, -0.2) is 4.39 Å². The van der Waals surface area contributed by atoms with Crippen molar-refractivity contribution >= 4 is 44.8 Å². The Kier molecular flexibility index (Phi) is 4.31. The number of nitrogen functional groups attached to an aromatic ring is 1. The number of carbonyl (C=O) groups excluding carboxylic acids is 1. The molecule has 6 heteroatoms. The molecular weight excluding hydrogens is 283 g/mol. The summed E-state index contributed by atoms with van der Waals surface area (Å²) in [5.41, 5.74) is 6.11. The summed E-state index contributed by atoms with van der Waals surface area (Å²) in [5, 5.41) is 3.49. The molecule has 102 valence electrons. The molecule has 1 heterocycles. The number of carbonyl (C=O) groups is 1. The van der Waals surface area contributed by atoms with Crippen LogP contribution in [0.3, 0.4) is 0 Å². The molecule has 1 aromatic heterocycles. The van der Waals surface area contributed by atoms with Gasteiger partial charge in [0, 0.05) is 16.5 Å². The van der Waals surface area contributed by atoms with Crippen molar-refractivity contribution in [2.24, 2.45) is 0 Å². The maximum Gasteiger partial charge on any atom is 0.263 e. The average Bonchev–Trinajstić information content (AvgIpc) is 2.74. The fourth-order valence-electron chi connectivity index (χ4n) is 1.70. The Morgan fingerprint density at radius 1 is 1.58 bits per heavy atom. The van der Waals surface area contributed by atoms with Crippen LogP contribution in [0.4, 0.5) is 10.1 Å². The third-order valence-corrected chi connectivity index (χ3v) is 5.00. The van der Waals surface area contributed by atoms with E-state index in [4.69, 9.17) is 5.73 Å². The van der Waals surface area contributed by atoms with E-state index in [9.17, 15) is 9.18 Å². The zero-order valence-electron chi connectivity index (χ0n) is 10.7. The lowest BCUT2D eigenvalue weighted by molar-refractivity contribution is 0.0959. The van der Waals surface area contributed by atoms with Crippen molar-refractivity contribution in [1.29, 1.82) is 0 Å². The number of nitrogens with one attached hydrogen (secondary N) is 1. The van der Waals surface area contributed by atoms with E-state index >= 15 is 0 Å². The van der Waals surface area contributed by atoms with Crippen LogP contribution in [0.1, 0.15) is 16.6 Å². The fraction of sp³-hybridized carbons (Fsp3) is 0.308. The Morgan fingerprint density at radius 2 is 2.32 bits per heavy atom. The molecule has 0 aliphatic heterocycles. The van der Waals surface area contributed by atoms with Crippen LogP contribution in [0.2, 0.25) is 0 Å². The quantitative estimate of drug-likeness (QED) is 0.912. The van der Waals surface area contributed by atoms with Crippen LogP contribution in [0.25, 0.3) is 10.1 Å². The number of amides is 1. The van der Waals surface area contributed by atoms with Crippen LogP contribution < -0.4 is 11.1 Å². The van der Waals surface area contributed by atoms with Crippen LogP contribution in [-0.4, -0.2) is 24.0 Å². The smallest absolute Gasteiger partial charge is 0.263 e. The van der Waals surface area contributed by atoms with Crippen molar-refractivity contribution < 1.29 is 9.18 Å². The van der Waals surface area contributed by atoms with Gasteiger partial charge in [0.1, 0.15) is 10.7 Å². The molecule has 2 aromatic rings. The molecule has 3 N–H and O–H groups in total. The minimum absolute atomic E-state index is 0.229. The molecular formula is C13H15FN2OS2. The summed E-state index contributed by atoms with van der Waals surface area (Å²) in [6.07, 6.45) is 1.99. The molecule has 0 fully saturated rings. The van der Waals surface area contributed by atoms with Gasteiger partial charge < -0.3 is 11.1 Å². The molecule has 19 heavy (non-hydrogen) atoms. The molecule has 2 rings (SSSR count). The number of hydrogen-bond donors (Lipinski definition) is 2. The first-order chi connectivity index (χ1) is 9.04. The average molecular weight is 298 g/mol. The third kappa shape index (κ3) is 2.84. The first-order valence-corrected chi connectivity index (χ1v) is 7.92. The molecule has 1 aromatic carbocycles. The van der Waals surface area contributed by atoms with E-state index in [2.05, 4.69) is 5.32 Å². The molecule has 0 bridgehead atoms. The molecule has 0 saturated carbocycles. The predicted molar refractivity (Wildman–Crippen MR) is 81.5 cm³/mol. The van der Waals surface area contributed by atoms with Crippen molar-refractivity contribution in [3.05, 3.63) is 28.9 Å². The number of rotatable bonds is 4. The van der Waals surface area contributed by atoms with E-state index in [1.165, 1.54) is 17.4 Å².